The van der Waals surface area contributed by atoms with E-state index in [0.29, 0.717) is 28.7 Å². The number of nitrogens with one attached hydrogen (secondary N) is 1. The summed E-state index contributed by atoms with van der Waals surface area (Å²) in [5, 5.41) is 2.56. The molecule has 1 aliphatic rings. The third kappa shape index (κ3) is 3.90. The summed E-state index contributed by atoms with van der Waals surface area (Å²) in [5.41, 5.74) is 6.57. The van der Waals surface area contributed by atoms with E-state index in [0.717, 1.165) is 0 Å². The Morgan fingerprint density at radius 2 is 1.95 bits per heavy atom. The van der Waals surface area contributed by atoms with Crippen LogP contribution in [0.4, 0.5) is 24.5 Å². The van der Waals surface area contributed by atoms with Crippen LogP contribution in [0.2, 0.25) is 0 Å². The first kappa shape index (κ1) is 16.1. The fourth-order valence-corrected chi connectivity index (χ4v) is 3.06. The lowest BCUT2D eigenvalue weighted by molar-refractivity contribution is -0.197. The van der Waals surface area contributed by atoms with Crippen LogP contribution in [0, 0.1) is 11.8 Å². The standard InChI is InChI=1S/C14H16BrF3N2O/c15-11-7-8(5-6-12(11)19)20-13(21)9-3-1-2-4-10(9)14(16,17)18/h5-7,9-10H,1-4,19H2,(H,20,21). The van der Waals surface area contributed by atoms with Gasteiger partial charge in [-0.3, -0.25) is 4.79 Å². The summed E-state index contributed by atoms with van der Waals surface area (Å²) in [5.74, 6) is -3.15. The van der Waals surface area contributed by atoms with Gasteiger partial charge in [-0.1, -0.05) is 12.8 Å². The molecule has 1 aromatic rings. The van der Waals surface area contributed by atoms with Gasteiger partial charge >= 0.3 is 6.18 Å². The second kappa shape index (κ2) is 6.25. The highest BCUT2D eigenvalue weighted by atomic mass is 79.9. The SMILES string of the molecule is Nc1ccc(NC(=O)C2CCCCC2C(F)(F)F)cc1Br. The minimum absolute atomic E-state index is 0.0209. The first-order valence-electron chi connectivity index (χ1n) is 6.71. The fraction of sp³-hybridized carbons (Fsp3) is 0.500. The summed E-state index contributed by atoms with van der Waals surface area (Å²) >= 11 is 3.22. The second-order valence-corrected chi connectivity index (χ2v) is 6.12. The molecule has 1 aliphatic carbocycles. The van der Waals surface area contributed by atoms with Crippen molar-refractivity contribution < 1.29 is 18.0 Å². The Hall–Kier alpha value is -1.24. The van der Waals surface area contributed by atoms with Crippen LogP contribution in [0.5, 0.6) is 0 Å². The van der Waals surface area contributed by atoms with Crippen LogP contribution in [0.1, 0.15) is 25.7 Å². The topological polar surface area (TPSA) is 55.1 Å². The molecule has 1 aromatic carbocycles. The summed E-state index contributed by atoms with van der Waals surface area (Å²) in [6, 6.07) is 4.74. The van der Waals surface area contributed by atoms with Crippen molar-refractivity contribution in [1.29, 1.82) is 0 Å². The number of amides is 1. The number of hydrogen-bond acceptors (Lipinski definition) is 2. The number of anilines is 2. The quantitative estimate of drug-likeness (QED) is 0.767. The molecule has 3 N–H and O–H groups in total. The Morgan fingerprint density at radius 3 is 2.57 bits per heavy atom. The van der Waals surface area contributed by atoms with E-state index in [-0.39, 0.29) is 12.8 Å². The van der Waals surface area contributed by atoms with Gasteiger partial charge in [-0.15, -0.1) is 0 Å². The molecule has 0 heterocycles. The molecule has 116 valence electrons. The van der Waals surface area contributed by atoms with Crippen molar-refractivity contribution in [3.63, 3.8) is 0 Å². The molecule has 7 heteroatoms. The van der Waals surface area contributed by atoms with E-state index in [9.17, 15) is 18.0 Å². The molecule has 0 saturated heterocycles. The fourth-order valence-electron chi connectivity index (χ4n) is 2.68. The molecular formula is C14H16BrF3N2O. The number of alkyl halides is 3. The summed E-state index contributed by atoms with van der Waals surface area (Å²) < 4.78 is 39.6. The lowest BCUT2D eigenvalue weighted by atomic mass is 9.78. The predicted octanol–water partition coefficient (Wildman–Crippen LogP) is 4.34. The summed E-state index contributed by atoms with van der Waals surface area (Å²) in [4.78, 5) is 12.2. The number of hydrogen-bond donors (Lipinski definition) is 2. The van der Waals surface area contributed by atoms with Crippen molar-refractivity contribution >= 4 is 33.2 Å². The van der Waals surface area contributed by atoms with Gasteiger partial charge in [-0.25, -0.2) is 0 Å². The molecule has 0 radical (unpaired) electrons. The maximum absolute atomic E-state index is 13.0. The molecule has 2 unspecified atom stereocenters. The lowest BCUT2D eigenvalue weighted by Gasteiger charge is -2.32. The van der Waals surface area contributed by atoms with Gasteiger partial charge in [0, 0.05) is 21.8 Å². The zero-order valence-corrected chi connectivity index (χ0v) is 12.8. The Bertz CT molecular complexity index is 533. The third-order valence-corrected chi connectivity index (χ3v) is 4.48. The monoisotopic (exact) mass is 364 g/mol. The average molecular weight is 365 g/mol. The largest absolute Gasteiger partial charge is 0.398 e. The molecule has 1 amide bonds. The third-order valence-electron chi connectivity index (χ3n) is 3.79. The van der Waals surface area contributed by atoms with Gasteiger partial charge in [0.05, 0.1) is 5.92 Å². The molecule has 1 fully saturated rings. The Balaban J connectivity index is 2.12. The molecule has 0 spiro atoms. The summed E-state index contributed by atoms with van der Waals surface area (Å²) in [6.45, 7) is 0. The van der Waals surface area contributed by atoms with Crippen molar-refractivity contribution in [1.82, 2.24) is 0 Å². The van der Waals surface area contributed by atoms with Gasteiger partial charge in [0.15, 0.2) is 0 Å². The van der Waals surface area contributed by atoms with Gasteiger partial charge in [0.1, 0.15) is 0 Å². The van der Waals surface area contributed by atoms with Gasteiger partial charge in [-0.05, 0) is 47.0 Å². The van der Waals surface area contributed by atoms with Crippen molar-refractivity contribution in [2.75, 3.05) is 11.1 Å². The van der Waals surface area contributed by atoms with E-state index in [1.54, 1.807) is 18.2 Å². The number of nitrogen functional groups attached to an aromatic ring is 1. The maximum Gasteiger partial charge on any atom is 0.392 e. The molecular weight excluding hydrogens is 349 g/mol. The average Bonchev–Trinajstić information content (AvgIpc) is 2.42. The number of nitrogens with two attached hydrogens (primary N) is 1. The molecule has 1 saturated carbocycles. The maximum atomic E-state index is 13.0. The number of carbonyl (C=O) groups excluding carboxylic acids is 1. The predicted molar refractivity (Wildman–Crippen MR) is 78.7 cm³/mol. The first-order valence-corrected chi connectivity index (χ1v) is 7.51. The molecule has 21 heavy (non-hydrogen) atoms. The van der Waals surface area contributed by atoms with Crippen LogP contribution in [0.3, 0.4) is 0 Å². The minimum atomic E-state index is -4.33. The van der Waals surface area contributed by atoms with E-state index >= 15 is 0 Å². The van der Waals surface area contributed by atoms with Crippen molar-refractivity contribution in [3.8, 4) is 0 Å². The first-order chi connectivity index (χ1) is 9.79. The van der Waals surface area contributed by atoms with E-state index in [1.165, 1.54) is 0 Å². The van der Waals surface area contributed by atoms with Crippen molar-refractivity contribution in [3.05, 3.63) is 22.7 Å². The summed E-state index contributed by atoms with van der Waals surface area (Å²) in [7, 11) is 0. The number of benzene rings is 1. The van der Waals surface area contributed by atoms with Gasteiger partial charge in [0.25, 0.3) is 0 Å². The molecule has 0 aromatic heterocycles. The number of rotatable bonds is 2. The van der Waals surface area contributed by atoms with Crippen LogP contribution in [0.25, 0.3) is 0 Å². The van der Waals surface area contributed by atoms with E-state index < -0.39 is 23.9 Å². The number of carbonyl (C=O) groups is 1. The Labute approximate surface area is 129 Å². The highest BCUT2D eigenvalue weighted by Crippen LogP contribution is 2.42. The van der Waals surface area contributed by atoms with Gasteiger partial charge in [0.2, 0.25) is 5.91 Å². The molecule has 2 rings (SSSR count). The van der Waals surface area contributed by atoms with Crippen molar-refractivity contribution in [2.45, 2.75) is 31.9 Å². The van der Waals surface area contributed by atoms with Crippen LogP contribution in [0.15, 0.2) is 22.7 Å². The molecule has 0 bridgehead atoms. The smallest absolute Gasteiger partial charge is 0.392 e. The van der Waals surface area contributed by atoms with E-state index in [4.69, 9.17) is 5.73 Å². The number of halogens is 4. The zero-order chi connectivity index (χ0) is 15.6. The Morgan fingerprint density at radius 1 is 1.29 bits per heavy atom. The molecule has 2 atom stereocenters. The highest BCUT2D eigenvalue weighted by molar-refractivity contribution is 9.10. The van der Waals surface area contributed by atoms with Crippen molar-refractivity contribution in [2.24, 2.45) is 11.8 Å². The van der Waals surface area contributed by atoms with Gasteiger partial charge in [-0.2, -0.15) is 13.2 Å². The minimum Gasteiger partial charge on any atom is -0.398 e. The molecule has 3 nitrogen and oxygen atoms in total. The van der Waals surface area contributed by atoms with Crippen LogP contribution < -0.4 is 11.1 Å². The lowest BCUT2D eigenvalue weighted by Crippen LogP contribution is -2.39. The highest BCUT2D eigenvalue weighted by Gasteiger charge is 2.48. The second-order valence-electron chi connectivity index (χ2n) is 5.26. The van der Waals surface area contributed by atoms with Crippen LogP contribution >= 0.6 is 15.9 Å². The zero-order valence-electron chi connectivity index (χ0n) is 11.2. The Kier molecular flexibility index (Phi) is 4.81. The van der Waals surface area contributed by atoms with Crippen LogP contribution in [-0.4, -0.2) is 12.1 Å². The summed E-state index contributed by atoms with van der Waals surface area (Å²) in [6.07, 6.45) is -2.87. The van der Waals surface area contributed by atoms with E-state index in [2.05, 4.69) is 21.2 Å². The van der Waals surface area contributed by atoms with Gasteiger partial charge < -0.3 is 11.1 Å². The van der Waals surface area contributed by atoms with Crippen LogP contribution in [-0.2, 0) is 4.79 Å². The molecule has 0 aliphatic heterocycles. The van der Waals surface area contributed by atoms with E-state index in [1.807, 2.05) is 0 Å². The normalized spacial score (nSPS) is 22.9.